The lowest BCUT2D eigenvalue weighted by molar-refractivity contribution is 0.200. The molecule has 0 saturated carbocycles. The van der Waals surface area contributed by atoms with E-state index in [4.69, 9.17) is 0 Å². The number of urea groups is 1. The van der Waals surface area contributed by atoms with Gasteiger partial charge in [-0.2, -0.15) is 0 Å². The Bertz CT molecular complexity index is 119. The van der Waals surface area contributed by atoms with Gasteiger partial charge in [-0.15, -0.1) is 0 Å². The second-order valence-corrected chi connectivity index (χ2v) is 2.78. The van der Waals surface area contributed by atoms with Gasteiger partial charge in [0.25, 0.3) is 0 Å². The fourth-order valence-electron chi connectivity index (χ4n) is 0.849. The van der Waals surface area contributed by atoms with Gasteiger partial charge in [-0.05, 0) is 27.7 Å². The van der Waals surface area contributed by atoms with Crippen molar-refractivity contribution < 1.29 is 4.79 Å². The van der Waals surface area contributed by atoms with Gasteiger partial charge < -0.3 is 10.2 Å². The number of nitrogens with zero attached hydrogens (tertiary/aromatic N) is 1. The molecule has 0 heterocycles. The first-order chi connectivity index (χ1) is 5.11. The van der Waals surface area contributed by atoms with Crippen LogP contribution in [0.25, 0.3) is 0 Å². The average Bonchev–Trinajstić information content (AvgIpc) is 1.88. The van der Waals surface area contributed by atoms with Gasteiger partial charge in [-0.3, -0.25) is 0 Å². The van der Waals surface area contributed by atoms with E-state index in [0.717, 1.165) is 13.1 Å². The molecule has 0 aliphatic rings. The molecule has 0 saturated heterocycles. The van der Waals surface area contributed by atoms with Crippen molar-refractivity contribution in [2.75, 3.05) is 13.1 Å². The molecule has 0 atom stereocenters. The predicted octanol–water partition coefficient (Wildman–Crippen LogP) is 1.45. The zero-order chi connectivity index (χ0) is 8.85. The lowest BCUT2D eigenvalue weighted by Crippen LogP contribution is -2.42. The van der Waals surface area contributed by atoms with E-state index in [1.807, 2.05) is 27.7 Å². The molecule has 0 rings (SSSR count). The molecule has 0 unspecified atom stereocenters. The Kier molecular flexibility index (Phi) is 4.66. The Morgan fingerprint density at radius 2 is 1.82 bits per heavy atom. The summed E-state index contributed by atoms with van der Waals surface area (Å²) in [5.41, 5.74) is 0. The summed E-state index contributed by atoms with van der Waals surface area (Å²) in [6.07, 6.45) is 0. The topological polar surface area (TPSA) is 32.3 Å². The zero-order valence-electron chi connectivity index (χ0n) is 7.85. The first-order valence-corrected chi connectivity index (χ1v) is 4.17. The summed E-state index contributed by atoms with van der Waals surface area (Å²) in [6, 6.07) is 0.258. The maximum Gasteiger partial charge on any atom is 0.317 e. The lowest BCUT2D eigenvalue weighted by Gasteiger charge is -2.20. The molecule has 0 aromatic carbocycles. The van der Waals surface area contributed by atoms with E-state index in [-0.39, 0.29) is 12.1 Å². The Morgan fingerprint density at radius 3 is 2.09 bits per heavy atom. The highest BCUT2D eigenvalue weighted by atomic mass is 16.2. The Hall–Kier alpha value is -0.730. The number of hydrogen-bond donors (Lipinski definition) is 1. The van der Waals surface area contributed by atoms with Gasteiger partial charge in [0, 0.05) is 19.1 Å². The third-order valence-corrected chi connectivity index (χ3v) is 1.46. The molecule has 0 spiro atoms. The van der Waals surface area contributed by atoms with Crippen LogP contribution in [-0.4, -0.2) is 30.1 Å². The van der Waals surface area contributed by atoms with E-state index < -0.39 is 0 Å². The van der Waals surface area contributed by atoms with E-state index in [1.54, 1.807) is 4.90 Å². The van der Waals surface area contributed by atoms with Crippen LogP contribution in [0.5, 0.6) is 0 Å². The number of rotatable bonds is 3. The van der Waals surface area contributed by atoms with Gasteiger partial charge in [0.1, 0.15) is 0 Å². The summed E-state index contributed by atoms with van der Waals surface area (Å²) in [4.78, 5) is 13.0. The first kappa shape index (κ1) is 10.3. The van der Waals surface area contributed by atoms with Gasteiger partial charge in [0.05, 0.1) is 0 Å². The molecule has 0 aliphatic heterocycles. The molecule has 3 nitrogen and oxygen atoms in total. The molecule has 0 fully saturated rings. The molecule has 3 heteroatoms. The monoisotopic (exact) mass is 158 g/mol. The maximum absolute atomic E-state index is 11.2. The van der Waals surface area contributed by atoms with Crippen molar-refractivity contribution in [1.29, 1.82) is 0 Å². The molecule has 0 bridgehead atoms. The average molecular weight is 158 g/mol. The number of carbonyl (C=O) groups excluding carboxylic acids is 1. The smallest absolute Gasteiger partial charge is 0.317 e. The molecular weight excluding hydrogens is 140 g/mol. The molecular formula is C8H18N2O. The molecule has 2 amide bonds. The molecule has 11 heavy (non-hydrogen) atoms. The fourth-order valence-corrected chi connectivity index (χ4v) is 0.849. The standard InChI is InChI=1S/C8H18N2O/c1-5-10(6-2)8(11)9-7(3)4/h7H,5-6H2,1-4H3,(H,9,11). The van der Waals surface area contributed by atoms with Crippen LogP contribution in [0.4, 0.5) is 4.79 Å². The van der Waals surface area contributed by atoms with Crippen molar-refractivity contribution in [1.82, 2.24) is 10.2 Å². The van der Waals surface area contributed by atoms with Gasteiger partial charge in [-0.1, -0.05) is 0 Å². The predicted molar refractivity (Wildman–Crippen MR) is 46.6 cm³/mol. The summed E-state index contributed by atoms with van der Waals surface area (Å²) in [6.45, 7) is 9.42. The van der Waals surface area contributed by atoms with Crippen molar-refractivity contribution >= 4 is 6.03 Å². The second-order valence-electron chi connectivity index (χ2n) is 2.78. The van der Waals surface area contributed by atoms with Crippen molar-refractivity contribution in [3.63, 3.8) is 0 Å². The van der Waals surface area contributed by atoms with Crippen molar-refractivity contribution in [3.05, 3.63) is 0 Å². The van der Waals surface area contributed by atoms with Crippen molar-refractivity contribution in [3.8, 4) is 0 Å². The summed E-state index contributed by atoms with van der Waals surface area (Å²) in [7, 11) is 0. The Balaban J connectivity index is 3.79. The highest BCUT2D eigenvalue weighted by Gasteiger charge is 2.08. The highest BCUT2D eigenvalue weighted by molar-refractivity contribution is 5.74. The summed E-state index contributed by atoms with van der Waals surface area (Å²) in [5.74, 6) is 0. The van der Waals surface area contributed by atoms with Crippen LogP contribution in [0.1, 0.15) is 27.7 Å². The lowest BCUT2D eigenvalue weighted by atomic mass is 10.4. The third kappa shape index (κ3) is 3.86. The van der Waals surface area contributed by atoms with Crippen LogP contribution in [0.2, 0.25) is 0 Å². The summed E-state index contributed by atoms with van der Waals surface area (Å²) < 4.78 is 0. The van der Waals surface area contributed by atoms with Crippen LogP contribution < -0.4 is 5.32 Å². The molecule has 66 valence electrons. The second kappa shape index (κ2) is 4.99. The maximum atomic E-state index is 11.2. The van der Waals surface area contributed by atoms with E-state index in [1.165, 1.54) is 0 Å². The highest BCUT2D eigenvalue weighted by Crippen LogP contribution is 1.89. The minimum absolute atomic E-state index is 0.0324. The van der Waals surface area contributed by atoms with Crippen LogP contribution in [-0.2, 0) is 0 Å². The van der Waals surface area contributed by atoms with E-state index >= 15 is 0 Å². The van der Waals surface area contributed by atoms with Crippen LogP contribution in [0, 0.1) is 0 Å². The fraction of sp³-hybridized carbons (Fsp3) is 0.875. The molecule has 0 aliphatic carbocycles. The van der Waals surface area contributed by atoms with E-state index in [0.29, 0.717) is 0 Å². The normalized spacial score (nSPS) is 9.91. The van der Waals surface area contributed by atoms with Gasteiger partial charge in [0.2, 0.25) is 0 Å². The summed E-state index contributed by atoms with van der Waals surface area (Å²) in [5, 5.41) is 2.83. The van der Waals surface area contributed by atoms with Crippen LogP contribution >= 0.6 is 0 Å². The van der Waals surface area contributed by atoms with Gasteiger partial charge in [-0.25, -0.2) is 4.79 Å². The molecule has 1 N–H and O–H groups in total. The van der Waals surface area contributed by atoms with Crippen LogP contribution in [0.3, 0.4) is 0 Å². The SMILES string of the molecule is CCN(CC)C(=O)NC(C)C. The Morgan fingerprint density at radius 1 is 1.36 bits per heavy atom. The molecule has 0 aromatic rings. The number of amides is 2. The minimum atomic E-state index is 0.0324. The quantitative estimate of drug-likeness (QED) is 0.662. The number of carbonyl (C=O) groups is 1. The van der Waals surface area contributed by atoms with Crippen LogP contribution in [0.15, 0.2) is 0 Å². The number of nitrogens with one attached hydrogen (secondary N) is 1. The number of hydrogen-bond acceptors (Lipinski definition) is 1. The summed E-state index contributed by atoms with van der Waals surface area (Å²) >= 11 is 0. The van der Waals surface area contributed by atoms with Crippen molar-refractivity contribution in [2.45, 2.75) is 33.7 Å². The van der Waals surface area contributed by atoms with E-state index in [9.17, 15) is 4.79 Å². The third-order valence-electron chi connectivity index (χ3n) is 1.46. The van der Waals surface area contributed by atoms with Gasteiger partial charge in [0.15, 0.2) is 0 Å². The van der Waals surface area contributed by atoms with Crippen molar-refractivity contribution in [2.24, 2.45) is 0 Å². The zero-order valence-corrected chi connectivity index (χ0v) is 7.85. The first-order valence-electron chi connectivity index (χ1n) is 4.17. The molecule has 0 radical (unpaired) electrons. The van der Waals surface area contributed by atoms with Gasteiger partial charge >= 0.3 is 6.03 Å². The molecule has 0 aromatic heterocycles. The van der Waals surface area contributed by atoms with E-state index in [2.05, 4.69) is 5.32 Å². The largest absolute Gasteiger partial charge is 0.336 e. The minimum Gasteiger partial charge on any atom is -0.336 e. The Labute approximate surface area is 68.8 Å².